The quantitative estimate of drug-likeness (QED) is 0.280. The monoisotopic (exact) mass is 559 g/mol. The Morgan fingerprint density at radius 3 is 2.76 bits per heavy atom. The van der Waals surface area contributed by atoms with Gasteiger partial charge in [-0.1, -0.05) is 22.0 Å². The van der Waals surface area contributed by atoms with Gasteiger partial charge in [0.05, 0.1) is 11.6 Å². The highest BCUT2D eigenvalue weighted by Gasteiger charge is 2.37. The molecule has 188 valence electrons. The van der Waals surface area contributed by atoms with Crippen LogP contribution in [0.15, 0.2) is 71.5 Å². The third-order valence-corrected chi connectivity index (χ3v) is 7.39. The molecular formula is C27H26BrN7O2. The lowest BCUT2D eigenvalue weighted by atomic mass is 9.87. The molecule has 4 aromatic rings. The van der Waals surface area contributed by atoms with E-state index in [9.17, 15) is 4.79 Å². The first-order valence-corrected chi connectivity index (χ1v) is 13.0. The number of anilines is 1. The fourth-order valence-electron chi connectivity index (χ4n) is 4.94. The van der Waals surface area contributed by atoms with Crippen molar-refractivity contribution in [3.63, 3.8) is 0 Å². The third kappa shape index (κ3) is 4.82. The van der Waals surface area contributed by atoms with Gasteiger partial charge in [-0.3, -0.25) is 14.9 Å². The van der Waals surface area contributed by atoms with E-state index in [0.717, 1.165) is 58.8 Å². The number of nitrogens with zero attached hydrogens (tertiary/aromatic N) is 3. The van der Waals surface area contributed by atoms with Gasteiger partial charge in [0.25, 0.3) is 5.91 Å². The summed E-state index contributed by atoms with van der Waals surface area (Å²) in [4.78, 5) is 22.1. The summed E-state index contributed by atoms with van der Waals surface area (Å²) in [7, 11) is 0. The number of fused-ring (bicyclic) bond motifs is 1. The van der Waals surface area contributed by atoms with Crippen LogP contribution in [0.5, 0.6) is 5.75 Å². The van der Waals surface area contributed by atoms with Gasteiger partial charge in [-0.15, -0.1) is 0 Å². The molecule has 37 heavy (non-hydrogen) atoms. The van der Waals surface area contributed by atoms with Crippen LogP contribution in [0, 0.1) is 0 Å². The Balaban J connectivity index is 1.23. The molecule has 10 heteroatoms. The van der Waals surface area contributed by atoms with Gasteiger partial charge in [0.2, 0.25) is 0 Å². The molecule has 0 bridgehead atoms. The summed E-state index contributed by atoms with van der Waals surface area (Å²) in [6.07, 6.45) is 5.10. The number of H-pyrrole nitrogens is 1. The zero-order valence-corrected chi connectivity index (χ0v) is 21.6. The molecule has 2 aliphatic heterocycles. The number of hydrogen-bond donors (Lipinski definition) is 4. The first-order valence-electron chi connectivity index (χ1n) is 12.2. The predicted octanol–water partition coefficient (Wildman–Crippen LogP) is 4.18. The van der Waals surface area contributed by atoms with Crippen molar-refractivity contribution in [2.45, 2.75) is 24.4 Å². The number of piperidine rings is 1. The van der Waals surface area contributed by atoms with E-state index in [1.165, 1.54) is 0 Å². The van der Waals surface area contributed by atoms with Gasteiger partial charge in [0.1, 0.15) is 12.4 Å². The molecule has 1 unspecified atom stereocenters. The summed E-state index contributed by atoms with van der Waals surface area (Å²) < 4.78 is 6.70. The fraction of sp³-hybridized carbons (Fsp3) is 0.259. The van der Waals surface area contributed by atoms with Crippen LogP contribution in [0.2, 0.25) is 0 Å². The Bertz CT molecular complexity index is 1420. The zero-order chi connectivity index (χ0) is 25.2. The summed E-state index contributed by atoms with van der Waals surface area (Å²) in [5.41, 5.74) is 2.86. The number of aromatic nitrogens is 4. The van der Waals surface area contributed by atoms with Gasteiger partial charge in [-0.25, -0.2) is 4.98 Å². The summed E-state index contributed by atoms with van der Waals surface area (Å²) in [6, 6.07) is 17.0. The Morgan fingerprint density at radius 1 is 1.08 bits per heavy atom. The molecule has 2 aliphatic rings. The maximum Gasteiger partial charge on any atom is 0.251 e. The lowest BCUT2D eigenvalue weighted by Crippen LogP contribution is -2.46. The van der Waals surface area contributed by atoms with Crippen LogP contribution in [0.4, 0.5) is 5.69 Å². The van der Waals surface area contributed by atoms with Crippen LogP contribution in [-0.2, 0) is 5.54 Å². The molecule has 0 spiro atoms. The molecular weight excluding hydrogens is 534 g/mol. The molecule has 1 atom stereocenters. The van der Waals surface area contributed by atoms with E-state index in [-0.39, 0.29) is 11.9 Å². The molecule has 6 rings (SSSR count). The first kappa shape index (κ1) is 23.6. The molecule has 1 saturated heterocycles. The van der Waals surface area contributed by atoms with Crippen LogP contribution in [-0.4, -0.2) is 45.8 Å². The number of halogens is 1. The maximum absolute atomic E-state index is 13.2. The van der Waals surface area contributed by atoms with Crippen molar-refractivity contribution in [1.29, 1.82) is 0 Å². The van der Waals surface area contributed by atoms with Crippen molar-refractivity contribution >= 4 is 27.5 Å². The Labute approximate surface area is 222 Å². The zero-order valence-electron chi connectivity index (χ0n) is 20.0. The summed E-state index contributed by atoms with van der Waals surface area (Å²) in [5.74, 6) is 2.07. The van der Waals surface area contributed by atoms with E-state index >= 15 is 0 Å². The van der Waals surface area contributed by atoms with Gasteiger partial charge in [0, 0.05) is 39.2 Å². The Hall–Kier alpha value is -3.76. The normalized spacial score (nSPS) is 18.0. The minimum absolute atomic E-state index is 0.149. The highest BCUT2D eigenvalue weighted by molar-refractivity contribution is 9.10. The Morgan fingerprint density at radius 2 is 1.92 bits per heavy atom. The van der Waals surface area contributed by atoms with Crippen LogP contribution in [0.3, 0.4) is 0 Å². The fourth-order valence-corrected chi connectivity index (χ4v) is 5.32. The standard InChI is InChI=1S/C27H26BrN7O2/c28-19-4-5-23-21(15-19)22(16-37-23)31-25(36)18-2-1-3-20(14-18)33-27(8-12-30-13-9-27)26-32-24(34-35-26)17-6-10-29-11-7-17/h1-7,10-11,14-15,22,30,33H,8-9,12-13,16H2,(H,31,36)(H,32,34,35). The SMILES string of the molecule is O=C(NC1COc2ccc(Br)cc21)c1cccc(NC2(c3nc(-c4ccncc4)n[nH]3)CCNCC2)c1. The van der Waals surface area contributed by atoms with Crippen molar-refractivity contribution in [2.24, 2.45) is 0 Å². The summed E-state index contributed by atoms with van der Waals surface area (Å²) >= 11 is 3.50. The number of rotatable bonds is 6. The van der Waals surface area contributed by atoms with E-state index in [2.05, 4.69) is 47.1 Å². The van der Waals surface area contributed by atoms with E-state index < -0.39 is 5.54 Å². The van der Waals surface area contributed by atoms with E-state index in [1.54, 1.807) is 12.4 Å². The molecule has 1 fully saturated rings. The lowest BCUT2D eigenvalue weighted by Gasteiger charge is -2.37. The van der Waals surface area contributed by atoms with E-state index in [0.29, 0.717) is 18.0 Å². The second-order valence-electron chi connectivity index (χ2n) is 9.30. The second kappa shape index (κ2) is 9.95. The minimum Gasteiger partial charge on any atom is -0.491 e. The topological polar surface area (TPSA) is 117 Å². The van der Waals surface area contributed by atoms with Crippen LogP contribution < -0.4 is 20.7 Å². The Kier molecular flexibility index (Phi) is 6.35. The molecule has 0 aliphatic carbocycles. The highest BCUT2D eigenvalue weighted by atomic mass is 79.9. The predicted molar refractivity (Wildman–Crippen MR) is 143 cm³/mol. The van der Waals surface area contributed by atoms with Gasteiger partial charge >= 0.3 is 0 Å². The third-order valence-electron chi connectivity index (χ3n) is 6.90. The molecule has 2 aromatic heterocycles. The van der Waals surface area contributed by atoms with Crippen molar-refractivity contribution in [2.75, 3.05) is 25.0 Å². The maximum atomic E-state index is 13.2. The molecule has 0 saturated carbocycles. The van der Waals surface area contributed by atoms with Crippen molar-refractivity contribution < 1.29 is 9.53 Å². The van der Waals surface area contributed by atoms with Gasteiger partial charge in [0.15, 0.2) is 11.6 Å². The van der Waals surface area contributed by atoms with E-state index in [1.807, 2.05) is 54.6 Å². The average molecular weight is 560 g/mol. The first-order chi connectivity index (χ1) is 18.1. The smallest absolute Gasteiger partial charge is 0.251 e. The number of pyridine rings is 1. The number of carbonyl (C=O) groups is 1. The van der Waals surface area contributed by atoms with Gasteiger partial charge < -0.3 is 20.7 Å². The van der Waals surface area contributed by atoms with Gasteiger partial charge in [-0.05, 0) is 74.5 Å². The number of amides is 1. The number of benzene rings is 2. The van der Waals surface area contributed by atoms with Crippen LogP contribution in [0.25, 0.3) is 11.4 Å². The van der Waals surface area contributed by atoms with Crippen molar-refractivity contribution in [3.8, 4) is 17.1 Å². The average Bonchev–Trinajstić information content (AvgIpc) is 3.58. The number of ether oxygens (including phenoxy) is 1. The summed E-state index contributed by atoms with van der Waals surface area (Å²) in [5, 5.41) is 17.9. The largest absolute Gasteiger partial charge is 0.491 e. The van der Waals surface area contributed by atoms with Crippen LogP contribution >= 0.6 is 15.9 Å². The molecule has 9 nitrogen and oxygen atoms in total. The second-order valence-corrected chi connectivity index (χ2v) is 10.2. The van der Waals surface area contributed by atoms with E-state index in [4.69, 9.17) is 9.72 Å². The van der Waals surface area contributed by atoms with Crippen LogP contribution in [0.1, 0.15) is 40.6 Å². The molecule has 4 heterocycles. The van der Waals surface area contributed by atoms with Gasteiger partial charge in [-0.2, -0.15) is 5.10 Å². The highest BCUT2D eigenvalue weighted by Crippen LogP contribution is 2.36. The number of aromatic amines is 1. The molecule has 4 N–H and O–H groups in total. The van der Waals surface area contributed by atoms with Crippen molar-refractivity contribution in [1.82, 2.24) is 30.8 Å². The number of nitrogens with one attached hydrogen (secondary N) is 4. The summed E-state index contributed by atoms with van der Waals surface area (Å²) in [6.45, 7) is 2.10. The molecule has 2 aromatic carbocycles. The number of carbonyl (C=O) groups excluding carboxylic acids is 1. The van der Waals surface area contributed by atoms with Crippen molar-refractivity contribution in [3.05, 3.63) is 88.4 Å². The molecule has 0 radical (unpaired) electrons. The minimum atomic E-state index is -0.441. The number of hydrogen-bond acceptors (Lipinski definition) is 7. The molecule has 1 amide bonds. The lowest BCUT2D eigenvalue weighted by molar-refractivity contribution is 0.0930.